The number of anilines is 2. The number of hydrogen-bond acceptors (Lipinski definition) is 4. The molecule has 0 unspecified atom stereocenters. The molecule has 6 nitrogen and oxygen atoms in total. The summed E-state index contributed by atoms with van der Waals surface area (Å²) in [5, 5.41) is 6.18. The highest BCUT2D eigenvalue weighted by molar-refractivity contribution is 7.92. The lowest BCUT2D eigenvalue weighted by atomic mass is 9.92. The van der Waals surface area contributed by atoms with Gasteiger partial charge in [0.2, 0.25) is 15.9 Å². The lowest BCUT2D eigenvalue weighted by molar-refractivity contribution is -0.120. The second-order valence-electron chi connectivity index (χ2n) is 5.99. The van der Waals surface area contributed by atoms with Gasteiger partial charge in [0.05, 0.1) is 17.6 Å². The summed E-state index contributed by atoms with van der Waals surface area (Å²) < 4.78 is 25.3. The predicted octanol–water partition coefficient (Wildman–Crippen LogP) is 2.11. The van der Waals surface area contributed by atoms with Gasteiger partial charge in [0.25, 0.3) is 0 Å². The Morgan fingerprint density at radius 3 is 2.61 bits per heavy atom. The van der Waals surface area contributed by atoms with Crippen LogP contribution in [0.15, 0.2) is 18.2 Å². The third kappa shape index (κ3) is 6.01. The molecule has 1 aromatic rings. The molecule has 1 fully saturated rings. The van der Waals surface area contributed by atoms with Crippen LogP contribution in [0.2, 0.25) is 0 Å². The largest absolute Gasteiger partial charge is 0.324 e. The molecule has 0 radical (unpaired) electrons. The number of aryl methyl sites for hydroxylation is 1. The fourth-order valence-corrected chi connectivity index (χ4v) is 3.23. The Labute approximate surface area is 143 Å². The molecule has 1 heterocycles. The number of hydrogen-bond donors (Lipinski definition) is 3. The number of carbonyl (C=O) groups excluding carboxylic acids is 1. The Bertz CT molecular complexity index is 664. The molecule has 0 aromatic heterocycles. The van der Waals surface area contributed by atoms with Crippen LogP contribution < -0.4 is 15.4 Å². The Balaban J connectivity index is 0.00000264. The summed E-state index contributed by atoms with van der Waals surface area (Å²) in [6, 6.07) is 5.55. The molecule has 2 rings (SSSR count). The second-order valence-corrected chi connectivity index (χ2v) is 7.74. The van der Waals surface area contributed by atoms with Crippen molar-refractivity contribution >= 4 is 39.7 Å². The van der Waals surface area contributed by atoms with Crippen LogP contribution in [0.5, 0.6) is 0 Å². The molecule has 3 N–H and O–H groups in total. The molecule has 1 aliphatic rings. The lowest BCUT2D eigenvalue weighted by Gasteiger charge is -2.27. The molecule has 23 heavy (non-hydrogen) atoms. The number of sulfonamides is 1. The van der Waals surface area contributed by atoms with Gasteiger partial charge < -0.3 is 10.6 Å². The van der Waals surface area contributed by atoms with Crippen LogP contribution in [0.1, 0.15) is 25.3 Å². The molecule has 1 saturated heterocycles. The van der Waals surface area contributed by atoms with Crippen molar-refractivity contribution in [1.82, 2.24) is 5.32 Å². The van der Waals surface area contributed by atoms with Crippen LogP contribution in [-0.2, 0) is 14.8 Å². The minimum Gasteiger partial charge on any atom is -0.324 e. The smallest absolute Gasteiger partial charge is 0.229 e. The SMILES string of the molecule is Cc1ccc(NS(C)(=O)=O)c(NC(=O)[C@H]2CCN[C@@H](C)C2)c1.Cl. The molecular weight excluding hydrogens is 338 g/mol. The van der Waals surface area contributed by atoms with Gasteiger partial charge in [-0.15, -0.1) is 12.4 Å². The minimum absolute atomic E-state index is 0. The summed E-state index contributed by atoms with van der Waals surface area (Å²) in [7, 11) is -3.39. The molecule has 1 amide bonds. The monoisotopic (exact) mass is 361 g/mol. The Morgan fingerprint density at radius 2 is 2.00 bits per heavy atom. The zero-order valence-corrected chi connectivity index (χ0v) is 15.2. The molecule has 0 aliphatic carbocycles. The third-order valence-corrected chi connectivity index (χ3v) is 4.31. The average molecular weight is 362 g/mol. The number of amides is 1. The maximum absolute atomic E-state index is 12.4. The van der Waals surface area contributed by atoms with E-state index in [1.165, 1.54) is 0 Å². The van der Waals surface area contributed by atoms with E-state index in [4.69, 9.17) is 0 Å². The predicted molar refractivity (Wildman–Crippen MR) is 95.7 cm³/mol. The van der Waals surface area contributed by atoms with Gasteiger partial charge >= 0.3 is 0 Å². The molecular formula is C15H24ClN3O3S. The number of benzene rings is 1. The minimum atomic E-state index is -3.39. The number of nitrogens with one attached hydrogen (secondary N) is 3. The van der Waals surface area contributed by atoms with Gasteiger partial charge in [0.1, 0.15) is 0 Å². The second kappa shape index (κ2) is 7.99. The van der Waals surface area contributed by atoms with Crippen molar-refractivity contribution in [3.63, 3.8) is 0 Å². The van der Waals surface area contributed by atoms with Gasteiger partial charge in [-0.25, -0.2) is 8.42 Å². The first-order chi connectivity index (χ1) is 10.2. The first-order valence-corrected chi connectivity index (χ1v) is 9.26. The van der Waals surface area contributed by atoms with E-state index in [9.17, 15) is 13.2 Å². The molecule has 1 aromatic carbocycles. The number of rotatable bonds is 4. The highest BCUT2D eigenvalue weighted by atomic mass is 35.5. The van der Waals surface area contributed by atoms with E-state index in [0.717, 1.165) is 31.2 Å². The standard InChI is InChI=1S/C15H23N3O3S.ClH/c1-10-4-5-13(18-22(3,20)21)14(8-10)17-15(19)12-6-7-16-11(2)9-12;/h4-5,8,11-12,16,18H,6-7,9H2,1-3H3,(H,17,19);1H/t11-,12-;/m0./s1. The van der Waals surface area contributed by atoms with Crippen LogP contribution in [-0.4, -0.2) is 33.2 Å². The maximum atomic E-state index is 12.4. The van der Waals surface area contributed by atoms with Gasteiger partial charge in [0, 0.05) is 12.0 Å². The Hall–Kier alpha value is -1.31. The highest BCUT2D eigenvalue weighted by Crippen LogP contribution is 2.26. The van der Waals surface area contributed by atoms with E-state index in [2.05, 4.69) is 22.3 Å². The zero-order valence-electron chi connectivity index (χ0n) is 13.5. The van der Waals surface area contributed by atoms with Gasteiger partial charge in [0.15, 0.2) is 0 Å². The van der Waals surface area contributed by atoms with Gasteiger partial charge in [-0.1, -0.05) is 6.07 Å². The molecule has 2 atom stereocenters. The summed E-state index contributed by atoms with van der Waals surface area (Å²) in [5.74, 6) is -0.113. The fourth-order valence-electron chi connectivity index (χ4n) is 2.66. The molecule has 8 heteroatoms. The number of piperidine rings is 1. The molecule has 130 valence electrons. The van der Waals surface area contributed by atoms with Gasteiger partial charge in [-0.05, 0) is 50.9 Å². The summed E-state index contributed by atoms with van der Waals surface area (Å²) in [6.45, 7) is 4.77. The van der Waals surface area contributed by atoms with Crippen molar-refractivity contribution in [2.45, 2.75) is 32.7 Å². The molecule has 0 spiro atoms. The van der Waals surface area contributed by atoms with Crippen molar-refractivity contribution in [3.05, 3.63) is 23.8 Å². The van der Waals surface area contributed by atoms with Crippen molar-refractivity contribution in [2.75, 3.05) is 22.8 Å². The third-order valence-electron chi connectivity index (χ3n) is 3.72. The molecule has 1 aliphatic heterocycles. The first kappa shape index (κ1) is 19.7. The summed E-state index contributed by atoms with van der Waals surface area (Å²) >= 11 is 0. The number of halogens is 1. The van der Waals surface area contributed by atoms with E-state index < -0.39 is 10.0 Å². The molecule has 0 bridgehead atoms. The van der Waals surface area contributed by atoms with Crippen molar-refractivity contribution in [2.24, 2.45) is 5.92 Å². The van der Waals surface area contributed by atoms with Crippen LogP contribution >= 0.6 is 12.4 Å². The number of carbonyl (C=O) groups is 1. The van der Waals surface area contributed by atoms with E-state index >= 15 is 0 Å². The summed E-state index contributed by atoms with van der Waals surface area (Å²) in [4.78, 5) is 12.4. The van der Waals surface area contributed by atoms with E-state index in [1.807, 2.05) is 6.92 Å². The van der Waals surface area contributed by atoms with Crippen LogP contribution in [0, 0.1) is 12.8 Å². The molecule has 0 saturated carbocycles. The van der Waals surface area contributed by atoms with E-state index in [-0.39, 0.29) is 24.2 Å². The topological polar surface area (TPSA) is 87.3 Å². The normalized spacial score (nSPS) is 21.2. The van der Waals surface area contributed by atoms with Crippen molar-refractivity contribution in [3.8, 4) is 0 Å². The van der Waals surface area contributed by atoms with E-state index in [0.29, 0.717) is 17.4 Å². The summed E-state index contributed by atoms with van der Waals surface area (Å²) in [6.07, 6.45) is 2.66. The van der Waals surface area contributed by atoms with Crippen LogP contribution in [0.25, 0.3) is 0 Å². The lowest BCUT2D eigenvalue weighted by Crippen LogP contribution is -2.40. The van der Waals surface area contributed by atoms with Gasteiger partial charge in [-0.2, -0.15) is 0 Å². The van der Waals surface area contributed by atoms with Gasteiger partial charge in [-0.3, -0.25) is 9.52 Å². The zero-order chi connectivity index (χ0) is 16.3. The average Bonchev–Trinajstić information content (AvgIpc) is 2.40. The maximum Gasteiger partial charge on any atom is 0.229 e. The fraction of sp³-hybridized carbons (Fsp3) is 0.533. The Morgan fingerprint density at radius 1 is 1.30 bits per heavy atom. The van der Waals surface area contributed by atoms with Crippen molar-refractivity contribution < 1.29 is 13.2 Å². The highest BCUT2D eigenvalue weighted by Gasteiger charge is 2.25. The quantitative estimate of drug-likeness (QED) is 0.766. The van der Waals surface area contributed by atoms with E-state index in [1.54, 1.807) is 18.2 Å². The van der Waals surface area contributed by atoms with Crippen LogP contribution in [0.4, 0.5) is 11.4 Å². The summed E-state index contributed by atoms with van der Waals surface area (Å²) in [5.41, 5.74) is 1.85. The van der Waals surface area contributed by atoms with Crippen molar-refractivity contribution in [1.29, 1.82) is 0 Å². The van der Waals surface area contributed by atoms with Crippen LogP contribution in [0.3, 0.4) is 0 Å². The Kier molecular flexibility index (Phi) is 6.85. The first-order valence-electron chi connectivity index (χ1n) is 7.37.